The molecule has 0 unspecified atom stereocenters. The molecule has 6 nitrogen and oxygen atoms in total. The number of aromatic nitrogens is 3. The molecule has 0 aliphatic rings. The predicted octanol–water partition coefficient (Wildman–Crippen LogP) is 2.89. The van der Waals surface area contributed by atoms with Crippen LogP contribution in [0.4, 0.5) is 0 Å². The summed E-state index contributed by atoms with van der Waals surface area (Å²) in [5, 5.41) is 8.33. The first-order chi connectivity index (χ1) is 11.5. The Morgan fingerprint density at radius 2 is 2.21 bits per heavy atom. The molecule has 3 aromatic rings. The normalized spacial score (nSPS) is 11.5. The molecule has 0 saturated carbocycles. The van der Waals surface area contributed by atoms with Crippen LogP contribution in [0, 0.1) is 13.8 Å². The Bertz CT molecular complexity index is 879. The molecular formula is C16H17N5OS2. The van der Waals surface area contributed by atoms with Crippen LogP contribution in [-0.4, -0.2) is 32.6 Å². The lowest BCUT2D eigenvalue weighted by molar-refractivity contribution is -0.118. The molecule has 0 fully saturated rings. The van der Waals surface area contributed by atoms with Crippen LogP contribution < -0.4 is 5.43 Å². The summed E-state index contributed by atoms with van der Waals surface area (Å²) in [6.07, 6.45) is 1.64. The third-order valence-corrected chi connectivity index (χ3v) is 5.73. The van der Waals surface area contributed by atoms with Gasteiger partial charge in [-0.05, 0) is 26.0 Å². The van der Waals surface area contributed by atoms with Gasteiger partial charge in [0.25, 0.3) is 5.91 Å². The van der Waals surface area contributed by atoms with Crippen molar-refractivity contribution in [1.29, 1.82) is 0 Å². The molecule has 124 valence electrons. The summed E-state index contributed by atoms with van der Waals surface area (Å²) in [5.74, 6) is 0.122. The lowest BCUT2D eigenvalue weighted by Gasteiger charge is -1.98. The molecule has 0 bridgehead atoms. The average molecular weight is 359 g/mol. The van der Waals surface area contributed by atoms with Crippen molar-refractivity contribution < 1.29 is 4.79 Å². The average Bonchev–Trinajstić information content (AvgIpc) is 3.08. The lowest BCUT2D eigenvalue weighted by Crippen LogP contribution is -2.19. The molecule has 3 rings (SSSR count). The first-order valence-electron chi connectivity index (χ1n) is 7.35. The van der Waals surface area contributed by atoms with Crippen molar-refractivity contribution in [2.45, 2.75) is 18.2 Å². The molecule has 2 aromatic heterocycles. The fourth-order valence-electron chi connectivity index (χ4n) is 2.22. The fraction of sp³-hybridized carbons (Fsp3) is 0.250. The summed E-state index contributed by atoms with van der Waals surface area (Å²) >= 11 is 3.00. The zero-order valence-electron chi connectivity index (χ0n) is 13.6. The molecule has 24 heavy (non-hydrogen) atoms. The van der Waals surface area contributed by atoms with E-state index in [-0.39, 0.29) is 11.7 Å². The van der Waals surface area contributed by atoms with Crippen molar-refractivity contribution in [2.75, 3.05) is 5.75 Å². The SMILES string of the molecule is Cc1nn(C)c(C)c1/C=N\NC(=O)CSc1nc2ccccc2s1. The Morgan fingerprint density at radius 3 is 2.92 bits per heavy atom. The summed E-state index contributed by atoms with van der Waals surface area (Å²) in [5.41, 5.74) is 6.33. The van der Waals surface area contributed by atoms with Crippen molar-refractivity contribution >= 4 is 45.4 Å². The molecule has 0 saturated heterocycles. The molecule has 2 heterocycles. The number of rotatable bonds is 5. The third kappa shape index (κ3) is 3.65. The van der Waals surface area contributed by atoms with Crippen LogP contribution in [0.5, 0.6) is 0 Å². The van der Waals surface area contributed by atoms with E-state index < -0.39 is 0 Å². The smallest absolute Gasteiger partial charge is 0.250 e. The van der Waals surface area contributed by atoms with Gasteiger partial charge in [0.05, 0.1) is 27.9 Å². The number of benzene rings is 1. The second-order valence-corrected chi connectivity index (χ2v) is 7.49. The minimum atomic E-state index is -0.158. The van der Waals surface area contributed by atoms with E-state index in [1.165, 1.54) is 11.8 Å². The van der Waals surface area contributed by atoms with E-state index in [2.05, 4.69) is 20.6 Å². The number of nitrogens with one attached hydrogen (secondary N) is 1. The van der Waals surface area contributed by atoms with Crippen LogP contribution in [0.3, 0.4) is 0 Å². The number of nitrogens with zero attached hydrogens (tertiary/aromatic N) is 4. The quantitative estimate of drug-likeness (QED) is 0.432. The second kappa shape index (κ2) is 7.14. The molecule has 0 atom stereocenters. The van der Waals surface area contributed by atoms with Crippen LogP contribution >= 0.6 is 23.1 Å². The van der Waals surface area contributed by atoms with Gasteiger partial charge in [-0.3, -0.25) is 9.48 Å². The van der Waals surface area contributed by atoms with Crippen molar-refractivity contribution in [3.05, 3.63) is 41.2 Å². The van der Waals surface area contributed by atoms with Gasteiger partial charge in [-0.25, -0.2) is 10.4 Å². The van der Waals surface area contributed by atoms with E-state index in [0.717, 1.165) is 31.5 Å². The Kier molecular flexibility index (Phi) is 4.96. The topological polar surface area (TPSA) is 72.2 Å². The number of thioether (sulfide) groups is 1. The van der Waals surface area contributed by atoms with E-state index in [4.69, 9.17) is 0 Å². The number of hydrazone groups is 1. The standard InChI is InChI=1S/C16H17N5OS2/c1-10-12(11(2)21(3)20-10)8-17-19-15(22)9-23-16-18-13-6-4-5-7-14(13)24-16/h4-8H,9H2,1-3H3,(H,19,22)/b17-8-. The highest BCUT2D eigenvalue weighted by molar-refractivity contribution is 8.01. The van der Waals surface area contributed by atoms with Gasteiger partial charge in [-0.2, -0.15) is 10.2 Å². The molecule has 0 spiro atoms. The van der Waals surface area contributed by atoms with Gasteiger partial charge < -0.3 is 0 Å². The van der Waals surface area contributed by atoms with Crippen LogP contribution in [0.25, 0.3) is 10.2 Å². The molecule has 0 aliphatic heterocycles. The molecule has 8 heteroatoms. The van der Waals surface area contributed by atoms with E-state index in [1.807, 2.05) is 45.2 Å². The van der Waals surface area contributed by atoms with Crippen LogP contribution in [0.1, 0.15) is 17.0 Å². The Hall–Kier alpha value is -2.19. The number of para-hydroxylation sites is 1. The molecule has 1 aromatic carbocycles. The minimum absolute atomic E-state index is 0.158. The largest absolute Gasteiger partial charge is 0.272 e. The van der Waals surface area contributed by atoms with Crippen molar-refractivity contribution in [3.63, 3.8) is 0 Å². The van der Waals surface area contributed by atoms with Gasteiger partial charge in [0, 0.05) is 18.3 Å². The summed E-state index contributed by atoms with van der Waals surface area (Å²) < 4.78 is 3.80. The summed E-state index contributed by atoms with van der Waals surface area (Å²) in [6, 6.07) is 7.94. The molecule has 1 N–H and O–H groups in total. The van der Waals surface area contributed by atoms with Gasteiger partial charge in [-0.1, -0.05) is 23.9 Å². The van der Waals surface area contributed by atoms with Gasteiger partial charge in [0.15, 0.2) is 4.34 Å². The van der Waals surface area contributed by atoms with Crippen LogP contribution in [-0.2, 0) is 11.8 Å². The van der Waals surface area contributed by atoms with Crippen molar-refractivity contribution in [1.82, 2.24) is 20.2 Å². The predicted molar refractivity (Wildman–Crippen MR) is 98.8 cm³/mol. The van der Waals surface area contributed by atoms with E-state index in [1.54, 1.807) is 22.2 Å². The monoisotopic (exact) mass is 359 g/mol. The molecule has 1 amide bonds. The molecule has 0 radical (unpaired) electrons. The number of thiazole rings is 1. The number of hydrogen-bond donors (Lipinski definition) is 1. The van der Waals surface area contributed by atoms with Gasteiger partial charge >= 0.3 is 0 Å². The number of carbonyl (C=O) groups is 1. The summed E-state index contributed by atoms with van der Waals surface area (Å²) in [7, 11) is 1.88. The maximum atomic E-state index is 11.9. The summed E-state index contributed by atoms with van der Waals surface area (Å²) in [4.78, 5) is 16.4. The maximum absolute atomic E-state index is 11.9. The zero-order valence-corrected chi connectivity index (χ0v) is 15.2. The second-order valence-electron chi connectivity index (χ2n) is 5.24. The third-order valence-electron chi connectivity index (χ3n) is 3.55. The van der Waals surface area contributed by atoms with Crippen LogP contribution in [0.2, 0.25) is 0 Å². The Balaban J connectivity index is 1.55. The lowest BCUT2D eigenvalue weighted by atomic mass is 10.2. The molecular weight excluding hydrogens is 342 g/mol. The number of amides is 1. The summed E-state index contributed by atoms with van der Waals surface area (Å²) in [6.45, 7) is 3.88. The number of hydrogen-bond acceptors (Lipinski definition) is 6. The maximum Gasteiger partial charge on any atom is 0.250 e. The first-order valence-corrected chi connectivity index (χ1v) is 9.15. The number of fused-ring (bicyclic) bond motifs is 1. The Morgan fingerprint density at radius 1 is 1.42 bits per heavy atom. The number of carbonyl (C=O) groups excluding carboxylic acids is 1. The zero-order chi connectivity index (χ0) is 17.1. The van der Waals surface area contributed by atoms with Gasteiger partial charge in [0.1, 0.15) is 0 Å². The first kappa shape index (κ1) is 16.7. The molecule has 0 aliphatic carbocycles. The van der Waals surface area contributed by atoms with Gasteiger partial charge in [0.2, 0.25) is 0 Å². The van der Waals surface area contributed by atoms with E-state index >= 15 is 0 Å². The minimum Gasteiger partial charge on any atom is -0.272 e. The fourth-order valence-corrected chi connectivity index (χ4v) is 4.08. The highest BCUT2D eigenvalue weighted by Gasteiger charge is 2.08. The van der Waals surface area contributed by atoms with Crippen molar-refractivity contribution in [2.24, 2.45) is 12.1 Å². The highest BCUT2D eigenvalue weighted by Crippen LogP contribution is 2.28. The van der Waals surface area contributed by atoms with Gasteiger partial charge in [-0.15, -0.1) is 11.3 Å². The van der Waals surface area contributed by atoms with E-state index in [0.29, 0.717) is 0 Å². The Labute approximate surface area is 148 Å². The van der Waals surface area contributed by atoms with E-state index in [9.17, 15) is 4.79 Å². The number of aryl methyl sites for hydroxylation is 2. The van der Waals surface area contributed by atoms with Crippen LogP contribution in [0.15, 0.2) is 33.7 Å². The van der Waals surface area contributed by atoms with Crippen molar-refractivity contribution in [3.8, 4) is 0 Å². The highest BCUT2D eigenvalue weighted by atomic mass is 32.2.